The average molecular weight is 327 g/mol. The van der Waals surface area contributed by atoms with E-state index < -0.39 is 0 Å². The summed E-state index contributed by atoms with van der Waals surface area (Å²) in [7, 11) is 0. The smallest absolute Gasteiger partial charge is 0.193 e. The van der Waals surface area contributed by atoms with E-state index in [1.807, 2.05) is 30.3 Å². The van der Waals surface area contributed by atoms with Crippen LogP contribution in [0.25, 0.3) is 10.8 Å². The van der Waals surface area contributed by atoms with E-state index in [2.05, 4.69) is 35.2 Å². The van der Waals surface area contributed by atoms with Crippen molar-refractivity contribution in [3.05, 3.63) is 82.9 Å². The van der Waals surface area contributed by atoms with Crippen LogP contribution in [0.1, 0.15) is 33.5 Å². The van der Waals surface area contributed by atoms with Crippen molar-refractivity contribution >= 4 is 16.6 Å². The number of likely N-dealkylation sites (tertiary alicyclic amines) is 1. The van der Waals surface area contributed by atoms with Gasteiger partial charge in [0, 0.05) is 17.2 Å². The van der Waals surface area contributed by atoms with Crippen molar-refractivity contribution in [3.63, 3.8) is 0 Å². The van der Waals surface area contributed by atoms with E-state index in [0.717, 1.165) is 24.0 Å². The zero-order chi connectivity index (χ0) is 16.8. The molecule has 1 unspecified atom stereocenters. The number of hydrogen-bond acceptors (Lipinski definition) is 2. The van der Waals surface area contributed by atoms with Gasteiger partial charge in [-0.25, -0.2) is 0 Å². The van der Waals surface area contributed by atoms with Gasteiger partial charge in [-0.2, -0.15) is 0 Å². The SMILES string of the molecule is O=C(c1ccccc1)c1cc2c3c(cccc3c1)CC(N1CCC1)C2. The number of rotatable bonds is 3. The van der Waals surface area contributed by atoms with Crippen LogP contribution in [-0.4, -0.2) is 29.8 Å². The first kappa shape index (κ1) is 14.9. The fourth-order valence-electron chi connectivity index (χ4n) is 4.36. The third-order valence-corrected chi connectivity index (χ3v) is 5.76. The minimum absolute atomic E-state index is 0.121. The third-order valence-electron chi connectivity index (χ3n) is 5.76. The standard InChI is InChI=1S/C23H21NO/c25-23(16-6-2-1-3-7-16)20-12-17-8-4-9-18-14-21(24-10-5-11-24)15-19(13-20)22(17)18/h1-4,6-9,12-13,21H,5,10-11,14-15H2. The second kappa shape index (κ2) is 5.82. The highest BCUT2D eigenvalue weighted by Gasteiger charge is 2.29. The van der Waals surface area contributed by atoms with Crippen LogP contribution in [0.5, 0.6) is 0 Å². The highest BCUT2D eigenvalue weighted by atomic mass is 16.1. The van der Waals surface area contributed by atoms with E-state index in [1.54, 1.807) is 0 Å². The van der Waals surface area contributed by atoms with Crippen molar-refractivity contribution in [2.75, 3.05) is 13.1 Å². The van der Waals surface area contributed by atoms with Gasteiger partial charge in [0.25, 0.3) is 0 Å². The Kier molecular flexibility index (Phi) is 3.46. The zero-order valence-corrected chi connectivity index (χ0v) is 14.2. The van der Waals surface area contributed by atoms with E-state index in [1.165, 1.54) is 41.4 Å². The predicted octanol–water partition coefficient (Wildman–Crippen LogP) is 4.24. The van der Waals surface area contributed by atoms with Crippen molar-refractivity contribution in [1.29, 1.82) is 0 Å². The fraction of sp³-hybridized carbons (Fsp3) is 0.261. The Bertz CT molecular complexity index is 956. The van der Waals surface area contributed by atoms with E-state index in [-0.39, 0.29) is 5.78 Å². The molecule has 0 bridgehead atoms. The molecule has 1 aliphatic carbocycles. The first-order valence-corrected chi connectivity index (χ1v) is 9.18. The monoisotopic (exact) mass is 327 g/mol. The van der Waals surface area contributed by atoms with Gasteiger partial charge < -0.3 is 0 Å². The molecule has 1 heterocycles. The molecule has 1 saturated heterocycles. The first-order valence-electron chi connectivity index (χ1n) is 9.18. The molecule has 3 aromatic carbocycles. The van der Waals surface area contributed by atoms with E-state index in [9.17, 15) is 4.79 Å². The summed E-state index contributed by atoms with van der Waals surface area (Å²) in [6, 6.07) is 21.0. The number of benzene rings is 3. The average Bonchev–Trinajstić information content (AvgIpc) is 2.60. The van der Waals surface area contributed by atoms with Crippen molar-refractivity contribution in [1.82, 2.24) is 4.90 Å². The number of carbonyl (C=O) groups excluding carboxylic acids is 1. The van der Waals surface area contributed by atoms with Crippen LogP contribution in [0.3, 0.4) is 0 Å². The summed E-state index contributed by atoms with van der Waals surface area (Å²) in [4.78, 5) is 15.5. The number of hydrogen-bond donors (Lipinski definition) is 0. The normalized spacial score (nSPS) is 19.6. The Hall–Kier alpha value is -2.45. The lowest BCUT2D eigenvalue weighted by molar-refractivity contribution is 0.103. The van der Waals surface area contributed by atoms with Gasteiger partial charge in [-0.1, -0.05) is 48.5 Å². The second-order valence-electron chi connectivity index (χ2n) is 7.30. The van der Waals surface area contributed by atoms with Gasteiger partial charge in [-0.15, -0.1) is 0 Å². The van der Waals surface area contributed by atoms with Gasteiger partial charge in [-0.3, -0.25) is 9.69 Å². The molecule has 5 rings (SSSR count). The molecule has 2 nitrogen and oxygen atoms in total. The van der Waals surface area contributed by atoms with Gasteiger partial charge in [0.05, 0.1) is 0 Å². The van der Waals surface area contributed by atoms with Crippen molar-refractivity contribution in [2.24, 2.45) is 0 Å². The van der Waals surface area contributed by atoms with Gasteiger partial charge in [0.15, 0.2) is 5.78 Å². The molecule has 2 aliphatic rings. The van der Waals surface area contributed by atoms with E-state index in [4.69, 9.17) is 0 Å². The lowest BCUT2D eigenvalue weighted by Crippen LogP contribution is -2.48. The number of ketones is 1. The first-order chi connectivity index (χ1) is 12.3. The van der Waals surface area contributed by atoms with Gasteiger partial charge in [0.2, 0.25) is 0 Å². The molecular formula is C23H21NO. The molecule has 0 saturated carbocycles. The Morgan fingerprint density at radius 1 is 0.840 bits per heavy atom. The molecular weight excluding hydrogens is 306 g/mol. The lowest BCUT2D eigenvalue weighted by atomic mass is 9.82. The van der Waals surface area contributed by atoms with Crippen LogP contribution >= 0.6 is 0 Å². The Morgan fingerprint density at radius 3 is 2.40 bits per heavy atom. The van der Waals surface area contributed by atoms with Gasteiger partial charge in [0.1, 0.15) is 0 Å². The van der Waals surface area contributed by atoms with Crippen molar-refractivity contribution < 1.29 is 4.79 Å². The third kappa shape index (κ3) is 2.49. The Balaban J connectivity index is 1.61. The highest BCUT2D eigenvalue weighted by Crippen LogP contribution is 2.34. The number of carbonyl (C=O) groups is 1. The van der Waals surface area contributed by atoms with Crippen molar-refractivity contribution in [2.45, 2.75) is 25.3 Å². The summed E-state index contributed by atoms with van der Waals surface area (Å²) in [5, 5.41) is 2.58. The predicted molar refractivity (Wildman–Crippen MR) is 101 cm³/mol. The summed E-state index contributed by atoms with van der Waals surface area (Å²) in [5.74, 6) is 0.121. The Morgan fingerprint density at radius 2 is 1.64 bits per heavy atom. The summed E-state index contributed by atoms with van der Waals surface area (Å²) in [5.41, 5.74) is 4.36. The molecule has 124 valence electrons. The maximum absolute atomic E-state index is 12.9. The molecule has 0 radical (unpaired) electrons. The fourth-order valence-corrected chi connectivity index (χ4v) is 4.36. The maximum Gasteiger partial charge on any atom is 0.193 e. The van der Waals surface area contributed by atoms with Crippen LogP contribution in [0.15, 0.2) is 60.7 Å². The topological polar surface area (TPSA) is 20.3 Å². The number of nitrogens with zero attached hydrogens (tertiary/aromatic N) is 1. The van der Waals surface area contributed by atoms with Crippen LogP contribution in [0, 0.1) is 0 Å². The maximum atomic E-state index is 12.9. The van der Waals surface area contributed by atoms with E-state index in [0.29, 0.717) is 6.04 Å². The molecule has 0 spiro atoms. The zero-order valence-electron chi connectivity index (χ0n) is 14.2. The molecule has 25 heavy (non-hydrogen) atoms. The second-order valence-corrected chi connectivity index (χ2v) is 7.30. The summed E-state index contributed by atoms with van der Waals surface area (Å²) >= 11 is 0. The van der Waals surface area contributed by atoms with Crippen LogP contribution in [0.2, 0.25) is 0 Å². The molecule has 1 aliphatic heterocycles. The largest absolute Gasteiger partial charge is 0.300 e. The van der Waals surface area contributed by atoms with E-state index >= 15 is 0 Å². The summed E-state index contributed by atoms with van der Waals surface area (Å²) in [6.45, 7) is 2.44. The molecule has 1 atom stereocenters. The summed E-state index contributed by atoms with van der Waals surface area (Å²) in [6.07, 6.45) is 3.51. The van der Waals surface area contributed by atoms with Crippen LogP contribution < -0.4 is 0 Å². The minimum atomic E-state index is 0.121. The van der Waals surface area contributed by atoms with Crippen molar-refractivity contribution in [3.8, 4) is 0 Å². The highest BCUT2D eigenvalue weighted by molar-refractivity contribution is 6.11. The molecule has 1 fully saturated rings. The van der Waals surface area contributed by atoms with Gasteiger partial charge in [-0.05, 0) is 66.4 Å². The molecule has 3 aromatic rings. The Labute approximate surface area is 148 Å². The molecule has 2 heteroatoms. The van der Waals surface area contributed by atoms with Gasteiger partial charge >= 0.3 is 0 Å². The molecule has 0 N–H and O–H groups in total. The summed E-state index contributed by atoms with van der Waals surface area (Å²) < 4.78 is 0. The molecule has 0 aromatic heterocycles. The molecule has 0 amide bonds. The quantitative estimate of drug-likeness (QED) is 0.671. The van der Waals surface area contributed by atoms with Crippen LogP contribution in [-0.2, 0) is 12.8 Å². The minimum Gasteiger partial charge on any atom is -0.300 e. The lowest BCUT2D eigenvalue weighted by Gasteiger charge is -2.41. The van der Waals surface area contributed by atoms with Crippen LogP contribution in [0.4, 0.5) is 0 Å².